The maximum atomic E-state index is 15.7. The summed E-state index contributed by atoms with van der Waals surface area (Å²) in [6.45, 7) is 3.97. The van der Waals surface area contributed by atoms with Crippen LogP contribution in [0.1, 0.15) is 39.5 Å². The van der Waals surface area contributed by atoms with Gasteiger partial charge in [0.15, 0.2) is 0 Å². The number of para-hydroxylation sites is 1. The summed E-state index contributed by atoms with van der Waals surface area (Å²) in [7, 11) is 0. The molecule has 0 bridgehead atoms. The van der Waals surface area contributed by atoms with Crippen molar-refractivity contribution in [2.45, 2.75) is 45.6 Å². The molecule has 0 heterocycles. The summed E-state index contributed by atoms with van der Waals surface area (Å²) >= 11 is 0. The molecule has 2 fully saturated rings. The number of carboxylic acids is 1. The molecule has 5 rings (SSSR count). The number of carbonyl (C=O) groups is 1. The molecular formula is C27H31FN2O3. The first-order chi connectivity index (χ1) is 15.7. The van der Waals surface area contributed by atoms with Crippen LogP contribution in [0.25, 0.3) is 0 Å². The van der Waals surface area contributed by atoms with E-state index in [1.54, 1.807) is 12.2 Å². The molecule has 4 aliphatic rings. The SMILES string of the molecule is CC12CC(C=N)=C(Nc3ccccc3)C=C1C(F)=CC1C2C(O)CC2(C)C(C(=O)O)CCC12. The van der Waals surface area contributed by atoms with Crippen LogP contribution in [0, 0.1) is 39.9 Å². The van der Waals surface area contributed by atoms with Gasteiger partial charge in [-0.05, 0) is 78.4 Å². The molecule has 0 aliphatic heterocycles. The summed E-state index contributed by atoms with van der Waals surface area (Å²) < 4.78 is 15.7. The van der Waals surface area contributed by atoms with Crippen molar-refractivity contribution in [1.82, 2.24) is 0 Å². The number of rotatable bonds is 4. The Morgan fingerprint density at radius 1 is 1.24 bits per heavy atom. The lowest BCUT2D eigenvalue weighted by atomic mass is 9.47. The summed E-state index contributed by atoms with van der Waals surface area (Å²) in [5.41, 5.74) is 1.69. The van der Waals surface area contributed by atoms with E-state index in [1.807, 2.05) is 44.2 Å². The fourth-order valence-corrected chi connectivity index (χ4v) is 7.56. The van der Waals surface area contributed by atoms with Gasteiger partial charge in [0.1, 0.15) is 5.83 Å². The van der Waals surface area contributed by atoms with E-state index in [-0.39, 0.29) is 23.6 Å². The lowest BCUT2D eigenvalue weighted by Crippen LogP contribution is -2.56. The zero-order valence-electron chi connectivity index (χ0n) is 19.0. The van der Waals surface area contributed by atoms with Gasteiger partial charge in [0.05, 0.1) is 12.0 Å². The van der Waals surface area contributed by atoms with Gasteiger partial charge in [0, 0.05) is 28.9 Å². The molecule has 7 unspecified atom stereocenters. The Hall–Kier alpha value is -2.73. The van der Waals surface area contributed by atoms with Crippen LogP contribution in [0.2, 0.25) is 0 Å². The molecule has 174 valence electrons. The fraction of sp³-hybridized carbons (Fsp3) is 0.481. The van der Waals surface area contributed by atoms with Crippen LogP contribution in [-0.2, 0) is 4.79 Å². The van der Waals surface area contributed by atoms with Crippen molar-refractivity contribution in [2.75, 3.05) is 5.32 Å². The van der Waals surface area contributed by atoms with Crippen LogP contribution in [0.4, 0.5) is 10.1 Å². The maximum absolute atomic E-state index is 15.7. The number of aliphatic hydroxyl groups is 1. The third kappa shape index (κ3) is 3.22. The van der Waals surface area contributed by atoms with Gasteiger partial charge in [0.25, 0.3) is 0 Å². The monoisotopic (exact) mass is 450 g/mol. The van der Waals surface area contributed by atoms with E-state index in [1.165, 1.54) is 6.21 Å². The third-order valence-electron chi connectivity index (χ3n) is 9.02. The van der Waals surface area contributed by atoms with E-state index in [4.69, 9.17) is 5.41 Å². The number of hydrogen-bond donors (Lipinski definition) is 4. The number of allylic oxidation sites excluding steroid dienone is 5. The number of aliphatic hydroxyl groups excluding tert-OH is 1. The molecule has 0 spiro atoms. The summed E-state index contributed by atoms with van der Waals surface area (Å²) in [6, 6.07) is 9.61. The Morgan fingerprint density at radius 2 is 1.97 bits per heavy atom. The summed E-state index contributed by atoms with van der Waals surface area (Å²) in [6.07, 6.45) is 6.20. The van der Waals surface area contributed by atoms with Gasteiger partial charge in [-0.1, -0.05) is 32.0 Å². The highest BCUT2D eigenvalue weighted by molar-refractivity contribution is 5.81. The van der Waals surface area contributed by atoms with Crippen molar-refractivity contribution < 1.29 is 19.4 Å². The van der Waals surface area contributed by atoms with Gasteiger partial charge in [-0.15, -0.1) is 0 Å². The highest BCUT2D eigenvalue weighted by Gasteiger charge is 2.63. The van der Waals surface area contributed by atoms with Crippen LogP contribution in [-0.4, -0.2) is 28.5 Å². The van der Waals surface area contributed by atoms with Crippen molar-refractivity contribution in [1.29, 1.82) is 5.41 Å². The molecule has 0 aromatic heterocycles. The molecule has 4 N–H and O–H groups in total. The van der Waals surface area contributed by atoms with Crippen LogP contribution >= 0.6 is 0 Å². The van der Waals surface area contributed by atoms with Gasteiger partial charge in [-0.25, -0.2) is 4.39 Å². The van der Waals surface area contributed by atoms with Gasteiger partial charge in [0.2, 0.25) is 0 Å². The highest BCUT2D eigenvalue weighted by Crippen LogP contribution is 2.66. The number of aliphatic carboxylic acids is 1. The van der Waals surface area contributed by atoms with E-state index in [0.717, 1.165) is 17.7 Å². The summed E-state index contributed by atoms with van der Waals surface area (Å²) in [5.74, 6) is -2.04. The fourth-order valence-electron chi connectivity index (χ4n) is 7.56. The number of fused-ring (bicyclic) bond motifs is 5. The van der Waals surface area contributed by atoms with Crippen LogP contribution in [0.3, 0.4) is 0 Å². The Labute approximate surface area is 193 Å². The normalized spacial score (nSPS) is 39.6. The Morgan fingerprint density at radius 3 is 2.64 bits per heavy atom. The average molecular weight is 451 g/mol. The highest BCUT2D eigenvalue weighted by atomic mass is 19.1. The Balaban J connectivity index is 1.56. The van der Waals surface area contributed by atoms with Crippen LogP contribution in [0.15, 0.2) is 65.2 Å². The number of hydrogen-bond acceptors (Lipinski definition) is 4. The number of nitrogens with one attached hydrogen (secondary N) is 2. The third-order valence-corrected chi connectivity index (χ3v) is 9.02. The maximum Gasteiger partial charge on any atom is 0.307 e. The second-order valence-corrected chi connectivity index (χ2v) is 10.7. The van der Waals surface area contributed by atoms with Crippen molar-refractivity contribution in [2.24, 2.45) is 34.5 Å². The van der Waals surface area contributed by atoms with Gasteiger partial charge >= 0.3 is 5.97 Å². The molecule has 2 saturated carbocycles. The van der Waals surface area contributed by atoms with Crippen molar-refractivity contribution in [3.05, 3.63) is 65.2 Å². The van der Waals surface area contributed by atoms with E-state index in [2.05, 4.69) is 5.32 Å². The summed E-state index contributed by atoms with van der Waals surface area (Å²) in [5, 5.41) is 32.6. The Bertz CT molecular complexity index is 1090. The second-order valence-electron chi connectivity index (χ2n) is 10.7. The van der Waals surface area contributed by atoms with Gasteiger partial charge in [-0.3, -0.25) is 4.79 Å². The second kappa shape index (κ2) is 7.66. The first-order valence-electron chi connectivity index (χ1n) is 11.8. The first-order valence-corrected chi connectivity index (χ1v) is 11.8. The summed E-state index contributed by atoms with van der Waals surface area (Å²) in [4.78, 5) is 11.9. The van der Waals surface area contributed by atoms with Crippen molar-refractivity contribution in [3.8, 4) is 0 Å². The Kier molecular flexibility index (Phi) is 5.12. The molecule has 33 heavy (non-hydrogen) atoms. The minimum atomic E-state index is -0.818. The van der Waals surface area contributed by atoms with E-state index in [9.17, 15) is 15.0 Å². The molecule has 6 heteroatoms. The number of benzene rings is 1. The largest absolute Gasteiger partial charge is 0.481 e. The first kappa shape index (κ1) is 22.1. The van der Waals surface area contributed by atoms with E-state index >= 15 is 4.39 Å². The predicted octanol–water partition coefficient (Wildman–Crippen LogP) is 5.32. The number of carboxylic acid groups (broad SMARTS) is 1. The lowest BCUT2D eigenvalue weighted by Gasteiger charge is -2.57. The van der Waals surface area contributed by atoms with Crippen LogP contribution in [0.5, 0.6) is 0 Å². The van der Waals surface area contributed by atoms with E-state index < -0.39 is 28.8 Å². The van der Waals surface area contributed by atoms with Crippen molar-refractivity contribution >= 4 is 17.9 Å². The molecule has 0 saturated heterocycles. The van der Waals surface area contributed by atoms with Crippen molar-refractivity contribution in [3.63, 3.8) is 0 Å². The molecule has 7 atom stereocenters. The molecule has 5 nitrogen and oxygen atoms in total. The number of anilines is 1. The molecule has 1 aromatic rings. The standard InChI is InChI=1S/C27H31FN2O3/c1-26-13-23(31)24-17(18(26)8-9-19(26)25(32)33)10-21(28)20-11-22(15(14-29)12-27(20,24)2)30-16-6-4-3-5-7-16/h3-7,10-11,14,17-19,23-24,29-31H,8-9,12-13H2,1-2H3,(H,32,33). The predicted molar refractivity (Wildman–Crippen MR) is 125 cm³/mol. The smallest absolute Gasteiger partial charge is 0.307 e. The minimum absolute atomic E-state index is 0.0207. The zero-order chi connectivity index (χ0) is 23.5. The quantitative estimate of drug-likeness (QED) is 0.467. The molecule has 0 radical (unpaired) electrons. The molecule has 0 amide bonds. The average Bonchev–Trinajstić information content (AvgIpc) is 3.11. The number of halogens is 1. The molecular weight excluding hydrogens is 419 g/mol. The lowest BCUT2D eigenvalue weighted by molar-refractivity contribution is -0.152. The van der Waals surface area contributed by atoms with Gasteiger partial charge in [-0.2, -0.15) is 0 Å². The molecule has 1 aromatic carbocycles. The molecule has 4 aliphatic carbocycles. The zero-order valence-corrected chi connectivity index (χ0v) is 19.0. The topological polar surface area (TPSA) is 93.4 Å². The van der Waals surface area contributed by atoms with E-state index in [0.29, 0.717) is 30.5 Å². The van der Waals surface area contributed by atoms with Gasteiger partial charge < -0.3 is 20.9 Å². The minimum Gasteiger partial charge on any atom is -0.481 e. The van der Waals surface area contributed by atoms with Crippen LogP contribution < -0.4 is 5.32 Å².